The zero-order chi connectivity index (χ0) is 13.9. The molecular weight excluding hydrogens is 369 g/mol. The molecule has 1 aromatic carbocycles. The Morgan fingerprint density at radius 2 is 1.90 bits per heavy atom. The molecule has 0 saturated heterocycles. The number of nitrogens with zero attached hydrogens (tertiary/aromatic N) is 1. The molecule has 0 aliphatic heterocycles. The Morgan fingerprint density at radius 1 is 1.20 bits per heavy atom. The molecule has 0 aliphatic carbocycles. The van der Waals surface area contributed by atoms with Crippen LogP contribution in [0.4, 0.5) is 0 Å². The highest BCUT2D eigenvalue weighted by molar-refractivity contribution is 14.0. The minimum Gasteiger partial charge on any atom is -0.508 e. The maximum absolute atomic E-state index is 9.21. The maximum Gasteiger partial charge on any atom is 0.191 e. The molecule has 0 fully saturated rings. The van der Waals surface area contributed by atoms with Crippen molar-refractivity contribution in [2.24, 2.45) is 4.99 Å². The Hall–Kier alpha value is -1.02. The van der Waals surface area contributed by atoms with E-state index in [1.807, 2.05) is 26.0 Å². The molecule has 3 N–H and O–H groups in total. The van der Waals surface area contributed by atoms with E-state index in [9.17, 15) is 5.11 Å². The quantitative estimate of drug-likeness (QED) is 0.287. The van der Waals surface area contributed by atoms with Gasteiger partial charge in [0, 0.05) is 19.7 Å². The summed E-state index contributed by atoms with van der Waals surface area (Å²) in [6.07, 6.45) is 0. The molecule has 114 valence electrons. The second-order valence-corrected chi connectivity index (χ2v) is 3.99. The topological polar surface area (TPSA) is 65.9 Å². The number of hydrogen-bond acceptors (Lipinski definition) is 3. The van der Waals surface area contributed by atoms with Crippen molar-refractivity contribution in [2.75, 3.05) is 26.3 Å². The summed E-state index contributed by atoms with van der Waals surface area (Å²) in [7, 11) is 0. The second kappa shape index (κ2) is 11.8. The summed E-state index contributed by atoms with van der Waals surface area (Å²) in [4.78, 5) is 4.47. The van der Waals surface area contributed by atoms with E-state index >= 15 is 0 Å². The minimum atomic E-state index is 0. The average Bonchev–Trinajstić information content (AvgIpc) is 2.42. The molecule has 0 radical (unpaired) electrons. The van der Waals surface area contributed by atoms with Crippen LogP contribution in [-0.4, -0.2) is 37.4 Å². The van der Waals surface area contributed by atoms with Gasteiger partial charge in [0.05, 0.1) is 13.2 Å². The van der Waals surface area contributed by atoms with Gasteiger partial charge in [-0.15, -0.1) is 24.0 Å². The summed E-state index contributed by atoms with van der Waals surface area (Å²) in [6.45, 7) is 7.52. The van der Waals surface area contributed by atoms with Gasteiger partial charge in [-0.1, -0.05) is 12.1 Å². The first-order valence-corrected chi connectivity index (χ1v) is 6.64. The van der Waals surface area contributed by atoms with Crippen molar-refractivity contribution < 1.29 is 9.84 Å². The number of halogens is 1. The predicted molar refractivity (Wildman–Crippen MR) is 92.8 cm³/mol. The molecule has 0 aromatic heterocycles. The normalized spacial score (nSPS) is 10.8. The highest BCUT2D eigenvalue weighted by Crippen LogP contribution is 2.10. The zero-order valence-corrected chi connectivity index (χ0v) is 14.4. The van der Waals surface area contributed by atoms with Crippen LogP contribution >= 0.6 is 24.0 Å². The second-order valence-electron chi connectivity index (χ2n) is 3.99. The fourth-order valence-corrected chi connectivity index (χ4v) is 1.50. The minimum absolute atomic E-state index is 0. The summed E-state index contributed by atoms with van der Waals surface area (Å²) >= 11 is 0. The number of phenolic OH excluding ortho intramolecular Hbond substituents is 1. The number of aliphatic imine (C=N–C) groups is 1. The summed E-state index contributed by atoms with van der Waals surface area (Å²) in [6, 6.07) is 7.06. The Bertz CT molecular complexity index is 383. The Balaban J connectivity index is 0.00000361. The lowest BCUT2D eigenvalue weighted by atomic mass is 10.2. The van der Waals surface area contributed by atoms with E-state index in [0.29, 0.717) is 13.2 Å². The number of hydrogen-bond donors (Lipinski definition) is 3. The van der Waals surface area contributed by atoms with E-state index in [2.05, 4.69) is 15.6 Å². The molecule has 0 heterocycles. The predicted octanol–water partition coefficient (Wildman–Crippen LogP) is 2.10. The molecule has 0 saturated carbocycles. The first-order valence-electron chi connectivity index (χ1n) is 6.64. The van der Waals surface area contributed by atoms with Crippen LogP contribution in [0.15, 0.2) is 29.3 Å². The lowest BCUT2D eigenvalue weighted by Crippen LogP contribution is -2.38. The molecule has 0 aliphatic rings. The van der Waals surface area contributed by atoms with Crippen LogP contribution in [0.25, 0.3) is 0 Å². The van der Waals surface area contributed by atoms with Crippen LogP contribution in [0.2, 0.25) is 0 Å². The van der Waals surface area contributed by atoms with E-state index in [1.54, 1.807) is 12.1 Å². The van der Waals surface area contributed by atoms with Gasteiger partial charge < -0.3 is 20.5 Å². The molecule has 0 bridgehead atoms. The number of ether oxygens (including phenoxy) is 1. The molecule has 1 aromatic rings. The Morgan fingerprint density at radius 3 is 2.50 bits per heavy atom. The lowest BCUT2D eigenvalue weighted by Gasteiger charge is -2.11. The van der Waals surface area contributed by atoms with Crippen LogP contribution < -0.4 is 10.6 Å². The van der Waals surface area contributed by atoms with E-state index in [-0.39, 0.29) is 29.7 Å². The molecule has 5 nitrogen and oxygen atoms in total. The van der Waals surface area contributed by atoms with Gasteiger partial charge in [-0.05, 0) is 31.5 Å². The third-order valence-corrected chi connectivity index (χ3v) is 2.44. The van der Waals surface area contributed by atoms with Gasteiger partial charge in [-0.3, -0.25) is 0 Å². The van der Waals surface area contributed by atoms with Gasteiger partial charge in [0.15, 0.2) is 5.96 Å². The first-order chi connectivity index (χ1) is 9.26. The van der Waals surface area contributed by atoms with E-state index < -0.39 is 0 Å². The van der Waals surface area contributed by atoms with E-state index in [1.165, 1.54) is 0 Å². The summed E-state index contributed by atoms with van der Waals surface area (Å²) in [5.41, 5.74) is 1.06. The average molecular weight is 393 g/mol. The number of benzene rings is 1. The first kappa shape index (κ1) is 19.0. The maximum atomic E-state index is 9.21. The van der Waals surface area contributed by atoms with Gasteiger partial charge in [-0.25, -0.2) is 4.99 Å². The summed E-state index contributed by atoms with van der Waals surface area (Å²) < 4.78 is 5.26. The van der Waals surface area contributed by atoms with Crippen LogP contribution in [0.1, 0.15) is 19.4 Å². The zero-order valence-electron chi connectivity index (χ0n) is 12.1. The van der Waals surface area contributed by atoms with Gasteiger partial charge in [-0.2, -0.15) is 0 Å². The van der Waals surface area contributed by atoms with Crippen molar-refractivity contribution in [1.82, 2.24) is 10.6 Å². The molecular formula is C14H24IN3O2. The molecule has 0 spiro atoms. The number of aromatic hydroxyl groups is 1. The standard InChI is InChI=1S/C14H23N3O2.HI/c1-3-15-14(16-9-10-19-4-2)17-11-12-5-7-13(18)8-6-12;/h5-8,18H,3-4,9-11H2,1-2H3,(H2,15,16,17);1H. The molecule has 0 amide bonds. The van der Waals surface area contributed by atoms with Gasteiger partial charge in [0.1, 0.15) is 5.75 Å². The number of rotatable bonds is 7. The fraction of sp³-hybridized carbons (Fsp3) is 0.500. The molecule has 1 rings (SSSR count). The van der Waals surface area contributed by atoms with Crippen molar-refractivity contribution in [3.63, 3.8) is 0 Å². The van der Waals surface area contributed by atoms with Crippen LogP contribution in [0.5, 0.6) is 5.75 Å². The van der Waals surface area contributed by atoms with Crippen molar-refractivity contribution >= 4 is 29.9 Å². The highest BCUT2D eigenvalue weighted by Gasteiger charge is 1.97. The molecule has 0 unspecified atom stereocenters. The van der Waals surface area contributed by atoms with Crippen molar-refractivity contribution in [3.8, 4) is 5.75 Å². The Kier molecular flexibility index (Phi) is 11.2. The number of nitrogens with one attached hydrogen (secondary N) is 2. The van der Waals surface area contributed by atoms with Gasteiger partial charge in [0.25, 0.3) is 0 Å². The van der Waals surface area contributed by atoms with Crippen molar-refractivity contribution in [2.45, 2.75) is 20.4 Å². The van der Waals surface area contributed by atoms with Crippen LogP contribution in [0, 0.1) is 0 Å². The van der Waals surface area contributed by atoms with Gasteiger partial charge >= 0.3 is 0 Å². The molecule has 20 heavy (non-hydrogen) atoms. The van der Waals surface area contributed by atoms with E-state index in [0.717, 1.165) is 31.2 Å². The fourth-order valence-electron chi connectivity index (χ4n) is 1.50. The van der Waals surface area contributed by atoms with Crippen LogP contribution in [0.3, 0.4) is 0 Å². The number of phenols is 1. The number of guanidine groups is 1. The van der Waals surface area contributed by atoms with Crippen LogP contribution in [-0.2, 0) is 11.3 Å². The largest absolute Gasteiger partial charge is 0.508 e. The summed E-state index contributed by atoms with van der Waals surface area (Å²) in [5.74, 6) is 1.05. The summed E-state index contributed by atoms with van der Waals surface area (Å²) in [5, 5.41) is 15.6. The van der Waals surface area contributed by atoms with E-state index in [4.69, 9.17) is 4.74 Å². The van der Waals surface area contributed by atoms with Gasteiger partial charge in [0.2, 0.25) is 0 Å². The monoisotopic (exact) mass is 393 g/mol. The molecule has 0 atom stereocenters. The van der Waals surface area contributed by atoms with Crippen molar-refractivity contribution in [3.05, 3.63) is 29.8 Å². The third kappa shape index (κ3) is 8.21. The van der Waals surface area contributed by atoms with Crippen molar-refractivity contribution in [1.29, 1.82) is 0 Å². The SMILES string of the molecule is CCNC(=NCc1ccc(O)cc1)NCCOCC.I. The third-order valence-electron chi connectivity index (χ3n) is 2.44. The molecule has 6 heteroatoms. The highest BCUT2D eigenvalue weighted by atomic mass is 127. The lowest BCUT2D eigenvalue weighted by molar-refractivity contribution is 0.152. The Labute approximate surface area is 137 Å². The smallest absolute Gasteiger partial charge is 0.191 e.